The van der Waals surface area contributed by atoms with Crippen molar-refractivity contribution in [3.8, 4) is 5.75 Å². The van der Waals surface area contributed by atoms with Crippen LogP contribution in [0.4, 0.5) is 14.5 Å². The number of nitrogens with one attached hydrogen (secondary N) is 1. The molecule has 1 amide bonds. The van der Waals surface area contributed by atoms with Gasteiger partial charge in [-0.15, -0.1) is 11.3 Å². The van der Waals surface area contributed by atoms with Gasteiger partial charge in [-0.1, -0.05) is 0 Å². The second-order valence-corrected chi connectivity index (χ2v) is 6.87. The number of aromatic nitrogens is 1. The number of nitrogens with two attached hydrogens (primary N) is 1. The van der Waals surface area contributed by atoms with Crippen LogP contribution in [0.25, 0.3) is 10.2 Å². The van der Waals surface area contributed by atoms with Crippen molar-refractivity contribution in [3.05, 3.63) is 51.5 Å². The van der Waals surface area contributed by atoms with E-state index < -0.39 is 17.5 Å². The van der Waals surface area contributed by atoms with Crippen molar-refractivity contribution in [1.29, 1.82) is 0 Å². The summed E-state index contributed by atoms with van der Waals surface area (Å²) in [5, 5.41) is 3.32. The second-order valence-electron chi connectivity index (χ2n) is 5.87. The number of carbonyl (C=O) groups is 1. The van der Waals surface area contributed by atoms with Gasteiger partial charge < -0.3 is 15.8 Å². The van der Waals surface area contributed by atoms with Crippen molar-refractivity contribution >= 4 is 33.1 Å². The van der Waals surface area contributed by atoms with E-state index in [9.17, 15) is 13.6 Å². The number of benzene rings is 1. The Morgan fingerprint density at radius 3 is 2.69 bits per heavy atom. The van der Waals surface area contributed by atoms with Gasteiger partial charge in [0, 0.05) is 29.3 Å². The molecule has 3 N–H and O–H groups in total. The molecule has 0 radical (unpaired) electrons. The highest BCUT2D eigenvalue weighted by atomic mass is 32.1. The van der Waals surface area contributed by atoms with Crippen LogP contribution in [-0.2, 0) is 6.54 Å². The van der Waals surface area contributed by atoms with Gasteiger partial charge in [-0.2, -0.15) is 0 Å². The molecule has 0 bridgehead atoms. The first kappa shape index (κ1) is 18.1. The van der Waals surface area contributed by atoms with Crippen LogP contribution in [-0.4, -0.2) is 18.0 Å². The molecule has 2 heterocycles. The molecule has 0 aliphatic rings. The topological polar surface area (TPSA) is 77.2 Å². The first-order valence-corrected chi connectivity index (χ1v) is 8.59. The summed E-state index contributed by atoms with van der Waals surface area (Å²) < 4.78 is 32.4. The molecule has 1 aromatic carbocycles. The largest absolute Gasteiger partial charge is 0.494 e. The van der Waals surface area contributed by atoms with E-state index in [1.807, 2.05) is 19.9 Å². The maximum Gasteiger partial charge on any atom is 0.263 e. The molecular formula is C18H17F2N3O2S. The second kappa shape index (κ2) is 6.87. The number of anilines is 1. The number of nitrogens with zero attached hydrogens (tertiary/aromatic N) is 1. The van der Waals surface area contributed by atoms with Crippen LogP contribution in [0.3, 0.4) is 0 Å². The number of pyridine rings is 1. The summed E-state index contributed by atoms with van der Waals surface area (Å²) in [7, 11) is 1.25. The highest BCUT2D eigenvalue weighted by Gasteiger charge is 2.19. The van der Waals surface area contributed by atoms with E-state index in [0.29, 0.717) is 15.4 Å². The van der Waals surface area contributed by atoms with Crippen molar-refractivity contribution in [1.82, 2.24) is 10.3 Å². The Hall–Kier alpha value is -2.74. The lowest BCUT2D eigenvalue weighted by atomic mass is 10.1. The van der Waals surface area contributed by atoms with E-state index >= 15 is 0 Å². The Kier molecular flexibility index (Phi) is 4.78. The lowest BCUT2D eigenvalue weighted by Gasteiger charge is -2.08. The average molecular weight is 377 g/mol. The predicted molar refractivity (Wildman–Crippen MR) is 97.6 cm³/mol. The maximum atomic E-state index is 14.0. The number of fused-ring (bicyclic) bond motifs is 1. The van der Waals surface area contributed by atoms with Crippen molar-refractivity contribution in [3.63, 3.8) is 0 Å². The van der Waals surface area contributed by atoms with E-state index in [4.69, 9.17) is 10.5 Å². The number of amides is 1. The van der Waals surface area contributed by atoms with Crippen LogP contribution in [0.5, 0.6) is 5.75 Å². The molecule has 0 atom stereocenters. The number of hydrogen-bond acceptors (Lipinski definition) is 5. The molecule has 0 unspecified atom stereocenters. The normalized spacial score (nSPS) is 11.0. The van der Waals surface area contributed by atoms with Gasteiger partial charge in [-0.25, -0.2) is 13.8 Å². The summed E-state index contributed by atoms with van der Waals surface area (Å²) in [6, 6.07) is 3.83. The third-order valence-electron chi connectivity index (χ3n) is 3.99. The van der Waals surface area contributed by atoms with Gasteiger partial charge in [0.05, 0.1) is 12.8 Å². The highest BCUT2D eigenvalue weighted by molar-refractivity contribution is 7.21. The van der Waals surface area contributed by atoms with Crippen molar-refractivity contribution in [2.75, 3.05) is 12.8 Å². The SMILES string of the molecule is COc1cc(F)c(CNC(=O)c2sc3nc(C)cc(C)c3c2N)cc1F. The molecule has 0 aliphatic carbocycles. The van der Waals surface area contributed by atoms with E-state index in [1.54, 1.807) is 0 Å². The fraction of sp³-hybridized carbons (Fsp3) is 0.222. The Balaban J connectivity index is 1.85. The molecule has 2 aromatic heterocycles. The number of hydrogen-bond donors (Lipinski definition) is 2. The summed E-state index contributed by atoms with van der Waals surface area (Å²) in [6.45, 7) is 3.59. The minimum absolute atomic E-state index is 0.0153. The van der Waals surface area contributed by atoms with Crippen molar-refractivity contribution < 1.29 is 18.3 Å². The zero-order valence-electron chi connectivity index (χ0n) is 14.4. The minimum atomic E-state index is -0.699. The number of aryl methyl sites for hydroxylation is 2. The van der Waals surface area contributed by atoms with Gasteiger partial charge in [-0.05, 0) is 31.5 Å². The zero-order valence-corrected chi connectivity index (χ0v) is 15.3. The first-order chi connectivity index (χ1) is 12.3. The fourth-order valence-corrected chi connectivity index (χ4v) is 3.89. The van der Waals surface area contributed by atoms with E-state index in [2.05, 4.69) is 10.3 Å². The van der Waals surface area contributed by atoms with Gasteiger partial charge in [0.1, 0.15) is 15.5 Å². The number of halogens is 2. The number of ether oxygens (including phenoxy) is 1. The van der Waals surface area contributed by atoms with E-state index in [1.165, 1.54) is 18.4 Å². The van der Waals surface area contributed by atoms with Gasteiger partial charge in [0.15, 0.2) is 11.6 Å². The molecular weight excluding hydrogens is 360 g/mol. The number of thiophene rings is 1. The third kappa shape index (κ3) is 3.20. The number of rotatable bonds is 4. The Bertz CT molecular complexity index is 1020. The first-order valence-electron chi connectivity index (χ1n) is 7.78. The summed E-state index contributed by atoms with van der Waals surface area (Å²) in [5.41, 5.74) is 8.23. The number of methoxy groups -OCH3 is 1. The average Bonchev–Trinajstić information content (AvgIpc) is 2.91. The monoisotopic (exact) mass is 377 g/mol. The summed E-state index contributed by atoms with van der Waals surface area (Å²) in [5.74, 6) is -2.02. The Labute approximate surface area is 152 Å². The summed E-state index contributed by atoms with van der Waals surface area (Å²) >= 11 is 1.17. The smallest absolute Gasteiger partial charge is 0.263 e. The van der Waals surface area contributed by atoms with Crippen molar-refractivity contribution in [2.45, 2.75) is 20.4 Å². The van der Waals surface area contributed by atoms with Crippen LogP contribution in [0.1, 0.15) is 26.5 Å². The Morgan fingerprint density at radius 2 is 2.00 bits per heavy atom. The molecule has 8 heteroatoms. The highest BCUT2D eigenvalue weighted by Crippen LogP contribution is 2.35. The van der Waals surface area contributed by atoms with Crippen LogP contribution >= 0.6 is 11.3 Å². The lowest BCUT2D eigenvalue weighted by Crippen LogP contribution is -2.23. The minimum Gasteiger partial charge on any atom is -0.494 e. The molecule has 26 heavy (non-hydrogen) atoms. The quantitative estimate of drug-likeness (QED) is 0.727. The fourth-order valence-electron chi connectivity index (χ4n) is 2.76. The molecule has 136 valence electrons. The molecule has 5 nitrogen and oxygen atoms in total. The summed E-state index contributed by atoms with van der Waals surface area (Å²) in [6.07, 6.45) is 0. The van der Waals surface area contributed by atoms with Gasteiger partial charge >= 0.3 is 0 Å². The molecule has 0 spiro atoms. The number of carbonyl (C=O) groups excluding carboxylic acids is 1. The van der Waals surface area contributed by atoms with Gasteiger partial charge in [0.25, 0.3) is 5.91 Å². The molecule has 0 saturated carbocycles. The van der Waals surface area contributed by atoms with E-state index in [-0.39, 0.29) is 17.9 Å². The number of nitrogen functional groups attached to an aromatic ring is 1. The standard InChI is InChI=1S/C18H17F2N3O2S/c1-8-4-9(2)23-18-14(8)15(21)16(26-18)17(24)22-7-10-5-12(20)13(25-3)6-11(10)19/h4-6H,7,21H2,1-3H3,(H,22,24). The lowest BCUT2D eigenvalue weighted by molar-refractivity contribution is 0.0955. The molecule has 0 fully saturated rings. The molecule has 3 aromatic rings. The van der Waals surface area contributed by atoms with Gasteiger partial charge in [0.2, 0.25) is 0 Å². The Morgan fingerprint density at radius 1 is 1.27 bits per heavy atom. The van der Waals surface area contributed by atoms with Crippen LogP contribution in [0, 0.1) is 25.5 Å². The molecule has 0 aliphatic heterocycles. The van der Waals surface area contributed by atoms with Crippen LogP contribution in [0.2, 0.25) is 0 Å². The maximum absolute atomic E-state index is 14.0. The molecule has 3 rings (SSSR count). The van der Waals surface area contributed by atoms with E-state index in [0.717, 1.165) is 28.8 Å². The van der Waals surface area contributed by atoms with Gasteiger partial charge in [-0.3, -0.25) is 4.79 Å². The third-order valence-corrected chi connectivity index (χ3v) is 5.09. The summed E-state index contributed by atoms with van der Waals surface area (Å²) in [4.78, 5) is 17.8. The van der Waals surface area contributed by atoms with Crippen molar-refractivity contribution in [2.24, 2.45) is 0 Å². The molecule has 0 saturated heterocycles. The zero-order chi connectivity index (χ0) is 19.0. The van der Waals surface area contributed by atoms with Crippen LogP contribution in [0.15, 0.2) is 18.2 Å². The van der Waals surface area contributed by atoms with Crippen LogP contribution < -0.4 is 15.8 Å². The predicted octanol–water partition coefficient (Wildman–Crippen LogP) is 3.71.